The zero-order chi connectivity index (χ0) is 15.2. The Labute approximate surface area is 121 Å². The highest BCUT2D eigenvalue weighted by atomic mass is 19.1. The molecule has 0 saturated heterocycles. The third-order valence-corrected chi connectivity index (χ3v) is 2.71. The van der Waals surface area contributed by atoms with Crippen LogP contribution in [0.4, 0.5) is 15.8 Å². The van der Waals surface area contributed by atoms with Gasteiger partial charge in [0.1, 0.15) is 17.3 Å². The van der Waals surface area contributed by atoms with Crippen molar-refractivity contribution in [3.8, 4) is 11.5 Å². The smallest absolute Gasteiger partial charge is 0.262 e. The van der Waals surface area contributed by atoms with Crippen LogP contribution in [-0.4, -0.2) is 19.6 Å². The summed E-state index contributed by atoms with van der Waals surface area (Å²) in [5, 5.41) is 2.66. The highest BCUT2D eigenvalue weighted by Gasteiger charge is 2.09. The lowest BCUT2D eigenvalue weighted by molar-refractivity contribution is -0.118. The van der Waals surface area contributed by atoms with Crippen molar-refractivity contribution in [2.75, 3.05) is 24.8 Å². The number of halogens is 1. The van der Waals surface area contributed by atoms with E-state index in [2.05, 4.69) is 5.32 Å². The maximum Gasteiger partial charge on any atom is 0.262 e. The Hall–Kier alpha value is -2.76. The van der Waals surface area contributed by atoms with Crippen LogP contribution in [0.3, 0.4) is 0 Å². The molecule has 5 nitrogen and oxygen atoms in total. The minimum Gasteiger partial charge on any atom is -0.495 e. The monoisotopic (exact) mass is 290 g/mol. The number of rotatable bonds is 5. The van der Waals surface area contributed by atoms with Gasteiger partial charge in [0, 0.05) is 6.07 Å². The number of hydrogen-bond acceptors (Lipinski definition) is 4. The second kappa shape index (κ2) is 6.60. The lowest BCUT2D eigenvalue weighted by Gasteiger charge is -2.11. The number of amides is 1. The van der Waals surface area contributed by atoms with Crippen LogP contribution in [0.1, 0.15) is 0 Å². The Morgan fingerprint density at radius 3 is 2.71 bits per heavy atom. The number of carbonyl (C=O) groups excluding carboxylic acids is 1. The summed E-state index contributed by atoms with van der Waals surface area (Å²) in [6.45, 7) is -0.242. The van der Waals surface area contributed by atoms with Gasteiger partial charge >= 0.3 is 0 Å². The van der Waals surface area contributed by atoms with E-state index >= 15 is 0 Å². The number of ether oxygens (including phenoxy) is 2. The molecule has 0 aliphatic rings. The molecule has 0 atom stereocenters. The Kier molecular flexibility index (Phi) is 4.61. The van der Waals surface area contributed by atoms with Gasteiger partial charge in [-0.3, -0.25) is 4.79 Å². The summed E-state index contributed by atoms with van der Waals surface area (Å²) in [6.07, 6.45) is 0. The van der Waals surface area contributed by atoms with Gasteiger partial charge in [-0.15, -0.1) is 0 Å². The first-order valence-corrected chi connectivity index (χ1v) is 6.21. The number of hydrogen-bond donors (Lipinski definition) is 2. The molecule has 0 saturated carbocycles. The van der Waals surface area contributed by atoms with Crippen molar-refractivity contribution in [2.24, 2.45) is 0 Å². The molecule has 110 valence electrons. The molecule has 6 heteroatoms. The largest absolute Gasteiger partial charge is 0.495 e. The standard InChI is InChI=1S/C15H15FN2O3/c1-20-14-5-3-2-4-12(14)18-15(19)9-21-13-7-6-10(16)8-11(13)17/h2-8H,9,17H2,1H3,(H,18,19). The van der Waals surface area contributed by atoms with Gasteiger partial charge in [0.25, 0.3) is 5.91 Å². The Bertz CT molecular complexity index is 647. The molecule has 0 fully saturated rings. The van der Waals surface area contributed by atoms with Gasteiger partial charge in [-0.2, -0.15) is 0 Å². The van der Waals surface area contributed by atoms with Crippen LogP contribution in [0.25, 0.3) is 0 Å². The third-order valence-electron chi connectivity index (χ3n) is 2.71. The van der Waals surface area contributed by atoms with Crippen molar-refractivity contribution < 1.29 is 18.7 Å². The van der Waals surface area contributed by atoms with Gasteiger partial charge in [-0.1, -0.05) is 12.1 Å². The number of para-hydroxylation sites is 2. The van der Waals surface area contributed by atoms with Crippen molar-refractivity contribution >= 4 is 17.3 Å². The maximum absolute atomic E-state index is 12.9. The molecular formula is C15H15FN2O3. The van der Waals surface area contributed by atoms with E-state index in [1.54, 1.807) is 24.3 Å². The van der Waals surface area contributed by atoms with E-state index in [9.17, 15) is 9.18 Å². The summed E-state index contributed by atoms with van der Waals surface area (Å²) < 4.78 is 23.3. The normalized spacial score (nSPS) is 10.0. The second-order valence-electron chi connectivity index (χ2n) is 4.22. The molecule has 2 aromatic carbocycles. The fourth-order valence-electron chi connectivity index (χ4n) is 1.73. The molecule has 0 heterocycles. The van der Waals surface area contributed by atoms with E-state index in [1.807, 2.05) is 0 Å². The number of methoxy groups -OCH3 is 1. The van der Waals surface area contributed by atoms with Crippen LogP contribution in [0.15, 0.2) is 42.5 Å². The number of anilines is 2. The maximum atomic E-state index is 12.9. The molecule has 0 bridgehead atoms. The van der Waals surface area contributed by atoms with Crippen LogP contribution in [0.5, 0.6) is 11.5 Å². The van der Waals surface area contributed by atoms with Crippen molar-refractivity contribution in [3.63, 3.8) is 0 Å². The first kappa shape index (κ1) is 14.6. The lowest BCUT2D eigenvalue weighted by Crippen LogP contribution is -2.20. The summed E-state index contributed by atoms with van der Waals surface area (Å²) in [6, 6.07) is 10.7. The number of nitrogens with one attached hydrogen (secondary N) is 1. The Morgan fingerprint density at radius 1 is 1.24 bits per heavy atom. The predicted molar refractivity (Wildman–Crippen MR) is 77.9 cm³/mol. The van der Waals surface area contributed by atoms with E-state index < -0.39 is 5.82 Å². The molecule has 0 radical (unpaired) electrons. The second-order valence-corrected chi connectivity index (χ2v) is 4.22. The number of nitrogens with two attached hydrogens (primary N) is 1. The zero-order valence-electron chi connectivity index (χ0n) is 11.4. The molecule has 2 rings (SSSR count). The molecule has 1 amide bonds. The number of carbonyl (C=O) groups is 1. The van der Waals surface area contributed by atoms with Crippen LogP contribution in [-0.2, 0) is 4.79 Å². The molecule has 3 N–H and O–H groups in total. The van der Waals surface area contributed by atoms with Crippen molar-refractivity contribution in [1.29, 1.82) is 0 Å². The summed E-state index contributed by atoms with van der Waals surface area (Å²) in [4.78, 5) is 11.8. The average Bonchev–Trinajstić information content (AvgIpc) is 2.47. The van der Waals surface area contributed by atoms with E-state index in [0.29, 0.717) is 11.4 Å². The van der Waals surface area contributed by atoms with Gasteiger partial charge in [-0.05, 0) is 24.3 Å². The van der Waals surface area contributed by atoms with Gasteiger partial charge in [0.05, 0.1) is 18.5 Å². The molecular weight excluding hydrogens is 275 g/mol. The summed E-state index contributed by atoms with van der Waals surface area (Å²) in [7, 11) is 1.51. The molecule has 0 spiro atoms. The first-order valence-electron chi connectivity index (χ1n) is 6.21. The zero-order valence-corrected chi connectivity index (χ0v) is 11.4. The quantitative estimate of drug-likeness (QED) is 0.829. The Balaban J connectivity index is 1.96. The fraction of sp³-hybridized carbons (Fsp3) is 0.133. The Morgan fingerprint density at radius 2 is 2.00 bits per heavy atom. The molecule has 2 aromatic rings. The first-order chi connectivity index (χ1) is 10.1. The molecule has 0 aliphatic heterocycles. The third kappa shape index (κ3) is 3.85. The summed E-state index contributed by atoms with van der Waals surface area (Å²) in [5.74, 6) is -0.0275. The highest BCUT2D eigenvalue weighted by molar-refractivity contribution is 5.93. The lowest BCUT2D eigenvalue weighted by atomic mass is 10.3. The predicted octanol–water partition coefficient (Wildman–Crippen LogP) is 2.43. The summed E-state index contributed by atoms with van der Waals surface area (Å²) in [5.41, 5.74) is 6.27. The van der Waals surface area contributed by atoms with Crippen molar-refractivity contribution in [3.05, 3.63) is 48.3 Å². The molecule has 0 aliphatic carbocycles. The highest BCUT2D eigenvalue weighted by Crippen LogP contribution is 2.24. The number of benzene rings is 2. The van der Waals surface area contributed by atoms with E-state index in [4.69, 9.17) is 15.2 Å². The van der Waals surface area contributed by atoms with Gasteiger partial charge in [-0.25, -0.2) is 4.39 Å². The van der Waals surface area contributed by atoms with Crippen LogP contribution < -0.4 is 20.5 Å². The number of nitrogen functional groups attached to an aromatic ring is 1. The van der Waals surface area contributed by atoms with Crippen molar-refractivity contribution in [1.82, 2.24) is 0 Å². The van der Waals surface area contributed by atoms with Gasteiger partial charge < -0.3 is 20.5 Å². The molecule has 21 heavy (non-hydrogen) atoms. The van der Waals surface area contributed by atoms with E-state index in [1.165, 1.54) is 19.2 Å². The topological polar surface area (TPSA) is 73.6 Å². The molecule has 0 aromatic heterocycles. The van der Waals surface area contributed by atoms with Crippen LogP contribution in [0, 0.1) is 5.82 Å². The summed E-state index contributed by atoms with van der Waals surface area (Å²) >= 11 is 0. The van der Waals surface area contributed by atoms with E-state index in [0.717, 1.165) is 6.07 Å². The van der Waals surface area contributed by atoms with Gasteiger partial charge in [0.15, 0.2) is 6.61 Å². The fourth-order valence-corrected chi connectivity index (χ4v) is 1.73. The van der Waals surface area contributed by atoms with Crippen molar-refractivity contribution in [2.45, 2.75) is 0 Å². The minimum atomic E-state index is -0.460. The van der Waals surface area contributed by atoms with Crippen LogP contribution >= 0.6 is 0 Å². The van der Waals surface area contributed by atoms with Gasteiger partial charge in [0.2, 0.25) is 0 Å². The molecule has 0 unspecified atom stereocenters. The minimum absolute atomic E-state index is 0.139. The average molecular weight is 290 g/mol. The van der Waals surface area contributed by atoms with E-state index in [-0.39, 0.29) is 24.0 Å². The van der Waals surface area contributed by atoms with Crippen LogP contribution in [0.2, 0.25) is 0 Å². The SMILES string of the molecule is COc1ccccc1NC(=O)COc1ccc(F)cc1N.